The Morgan fingerprint density at radius 2 is 1.72 bits per heavy atom. The standard InChI is InChI=1S/C21H24N2O2/c1-3-16-8-10-19(11-9-16)22-21(25)18-12-20(24)23(14-18)13-17-6-4-15(2)5-7-17/h4-11,18H,3,12-14H2,1-2H3,(H,22,25)/t18-/m0/s1. The zero-order valence-corrected chi connectivity index (χ0v) is 14.8. The minimum atomic E-state index is -0.288. The molecule has 0 spiro atoms. The zero-order chi connectivity index (χ0) is 17.8. The number of rotatable bonds is 5. The molecule has 4 heteroatoms. The van der Waals surface area contributed by atoms with Gasteiger partial charge >= 0.3 is 0 Å². The van der Waals surface area contributed by atoms with Crippen molar-refractivity contribution in [1.82, 2.24) is 4.90 Å². The summed E-state index contributed by atoms with van der Waals surface area (Å²) in [4.78, 5) is 26.5. The molecule has 1 aliphatic rings. The van der Waals surface area contributed by atoms with Crippen molar-refractivity contribution in [1.29, 1.82) is 0 Å². The molecule has 1 N–H and O–H groups in total. The maximum absolute atomic E-state index is 12.5. The molecule has 0 aliphatic carbocycles. The van der Waals surface area contributed by atoms with E-state index in [1.807, 2.05) is 55.5 Å². The van der Waals surface area contributed by atoms with Gasteiger partial charge in [0.2, 0.25) is 11.8 Å². The van der Waals surface area contributed by atoms with Gasteiger partial charge in [0.1, 0.15) is 0 Å². The van der Waals surface area contributed by atoms with Crippen LogP contribution >= 0.6 is 0 Å². The first kappa shape index (κ1) is 17.2. The fourth-order valence-electron chi connectivity index (χ4n) is 3.08. The molecule has 0 aromatic heterocycles. The molecule has 1 fully saturated rings. The average molecular weight is 336 g/mol. The predicted molar refractivity (Wildman–Crippen MR) is 99.2 cm³/mol. The minimum Gasteiger partial charge on any atom is -0.338 e. The number of likely N-dealkylation sites (tertiary alicyclic amines) is 1. The summed E-state index contributed by atoms with van der Waals surface area (Å²) in [6.45, 7) is 5.18. The number of hydrogen-bond acceptors (Lipinski definition) is 2. The van der Waals surface area contributed by atoms with Gasteiger partial charge < -0.3 is 10.2 Å². The van der Waals surface area contributed by atoms with Crippen molar-refractivity contribution in [3.8, 4) is 0 Å². The maximum Gasteiger partial charge on any atom is 0.229 e. The minimum absolute atomic E-state index is 0.0436. The molecule has 2 aromatic carbocycles. The van der Waals surface area contributed by atoms with Crippen molar-refractivity contribution in [3.63, 3.8) is 0 Å². The fourth-order valence-corrected chi connectivity index (χ4v) is 3.08. The number of carbonyl (C=O) groups is 2. The Kier molecular flexibility index (Phi) is 5.17. The van der Waals surface area contributed by atoms with Crippen molar-refractivity contribution in [3.05, 3.63) is 65.2 Å². The highest BCUT2D eigenvalue weighted by molar-refractivity contribution is 5.97. The van der Waals surface area contributed by atoms with Crippen LogP contribution in [0.3, 0.4) is 0 Å². The summed E-state index contributed by atoms with van der Waals surface area (Å²) in [5.41, 5.74) is 4.31. The van der Waals surface area contributed by atoms with Gasteiger partial charge in [-0.2, -0.15) is 0 Å². The summed E-state index contributed by atoms with van der Waals surface area (Å²) in [5.74, 6) is -0.324. The predicted octanol–water partition coefficient (Wildman–Crippen LogP) is 3.54. The number of nitrogens with one attached hydrogen (secondary N) is 1. The Labute approximate surface area is 148 Å². The first-order valence-electron chi connectivity index (χ1n) is 8.78. The van der Waals surface area contributed by atoms with E-state index in [0.717, 1.165) is 17.7 Å². The second-order valence-corrected chi connectivity index (χ2v) is 6.70. The first-order valence-corrected chi connectivity index (χ1v) is 8.78. The van der Waals surface area contributed by atoms with Crippen LogP contribution in [0.15, 0.2) is 48.5 Å². The number of anilines is 1. The van der Waals surface area contributed by atoms with Gasteiger partial charge in [-0.3, -0.25) is 9.59 Å². The Morgan fingerprint density at radius 1 is 1.08 bits per heavy atom. The molecular weight excluding hydrogens is 312 g/mol. The number of amides is 2. The molecule has 25 heavy (non-hydrogen) atoms. The third-order valence-corrected chi connectivity index (χ3v) is 4.71. The number of aryl methyl sites for hydroxylation is 2. The number of nitrogens with zero attached hydrogens (tertiary/aromatic N) is 1. The molecule has 3 rings (SSSR count). The SMILES string of the molecule is CCc1ccc(NC(=O)[C@H]2CC(=O)N(Cc3ccc(C)cc3)C2)cc1. The normalized spacial score (nSPS) is 17.0. The van der Waals surface area contributed by atoms with Crippen LogP contribution < -0.4 is 5.32 Å². The van der Waals surface area contributed by atoms with E-state index < -0.39 is 0 Å². The van der Waals surface area contributed by atoms with Crippen LogP contribution in [0.5, 0.6) is 0 Å². The van der Waals surface area contributed by atoms with Crippen LogP contribution in [0.4, 0.5) is 5.69 Å². The lowest BCUT2D eigenvalue weighted by Crippen LogP contribution is -2.28. The van der Waals surface area contributed by atoms with Gasteiger partial charge in [-0.25, -0.2) is 0 Å². The molecule has 0 saturated carbocycles. The van der Waals surface area contributed by atoms with E-state index in [1.54, 1.807) is 4.90 Å². The molecule has 1 atom stereocenters. The fraction of sp³-hybridized carbons (Fsp3) is 0.333. The Bertz CT molecular complexity index is 750. The first-order chi connectivity index (χ1) is 12.0. The van der Waals surface area contributed by atoms with Gasteiger partial charge in [-0.05, 0) is 36.6 Å². The maximum atomic E-state index is 12.5. The largest absolute Gasteiger partial charge is 0.338 e. The monoisotopic (exact) mass is 336 g/mol. The van der Waals surface area contributed by atoms with Crippen LogP contribution in [0.1, 0.15) is 30.0 Å². The molecule has 1 saturated heterocycles. The number of hydrogen-bond donors (Lipinski definition) is 1. The average Bonchev–Trinajstić information content (AvgIpc) is 2.98. The van der Waals surface area contributed by atoms with E-state index in [-0.39, 0.29) is 24.2 Å². The van der Waals surface area contributed by atoms with E-state index in [1.165, 1.54) is 11.1 Å². The van der Waals surface area contributed by atoms with E-state index in [2.05, 4.69) is 12.2 Å². The van der Waals surface area contributed by atoms with Gasteiger partial charge in [0, 0.05) is 25.2 Å². The topological polar surface area (TPSA) is 49.4 Å². The van der Waals surface area contributed by atoms with E-state index in [4.69, 9.17) is 0 Å². The van der Waals surface area contributed by atoms with Crippen molar-refractivity contribution in [2.45, 2.75) is 33.2 Å². The molecular formula is C21H24N2O2. The molecule has 130 valence electrons. The van der Waals surface area contributed by atoms with E-state index in [0.29, 0.717) is 13.1 Å². The summed E-state index contributed by atoms with van der Waals surface area (Å²) in [6, 6.07) is 16.0. The van der Waals surface area contributed by atoms with E-state index >= 15 is 0 Å². The highest BCUT2D eigenvalue weighted by atomic mass is 16.2. The van der Waals surface area contributed by atoms with Gasteiger partial charge in [0.25, 0.3) is 0 Å². The number of benzene rings is 2. The molecule has 4 nitrogen and oxygen atoms in total. The third kappa shape index (κ3) is 4.27. The van der Waals surface area contributed by atoms with Gasteiger partial charge in [-0.15, -0.1) is 0 Å². The molecule has 0 bridgehead atoms. The molecule has 0 unspecified atom stereocenters. The van der Waals surface area contributed by atoms with Crippen molar-refractivity contribution in [2.24, 2.45) is 5.92 Å². The summed E-state index contributed by atoms with van der Waals surface area (Å²) < 4.78 is 0. The molecule has 2 aromatic rings. The smallest absolute Gasteiger partial charge is 0.229 e. The van der Waals surface area contributed by atoms with Gasteiger partial charge in [-0.1, -0.05) is 48.9 Å². The lowest BCUT2D eigenvalue weighted by molar-refractivity contribution is -0.128. The van der Waals surface area contributed by atoms with Gasteiger partial charge in [0.05, 0.1) is 5.92 Å². The lowest BCUT2D eigenvalue weighted by atomic mass is 10.1. The third-order valence-electron chi connectivity index (χ3n) is 4.71. The highest BCUT2D eigenvalue weighted by Gasteiger charge is 2.34. The van der Waals surface area contributed by atoms with Crippen LogP contribution in [-0.4, -0.2) is 23.3 Å². The second-order valence-electron chi connectivity index (χ2n) is 6.70. The number of carbonyl (C=O) groups excluding carboxylic acids is 2. The van der Waals surface area contributed by atoms with Crippen LogP contribution in [-0.2, 0) is 22.6 Å². The van der Waals surface area contributed by atoms with E-state index in [9.17, 15) is 9.59 Å². The van der Waals surface area contributed by atoms with Crippen LogP contribution in [0.2, 0.25) is 0 Å². The summed E-state index contributed by atoms with van der Waals surface area (Å²) in [5, 5.41) is 2.93. The van der Waals surface area contributed by atoms with Crippen LogP contribution in [0.25, 0.3) is 0 Å². The van der Waals surface area contributed by atoms with Crippen LogP contribution in [0, 0.1) is 12.8 Å². The summed E-state index contributed by atoms with van der Waals surface area (Å²) in [6.07, 6.45) is 1.25. The quantitative estimate of drug-likeness (QED) is 0.908. The van der Waals surface area contributed by atoms with Crippen molar-refractivity contribution < 1.29 is 9.59 Å². The molecule has 0 radical (unpaired) electrons. The zero-order valence-electron chi connectivity index (χ0n) is 14.8. The van der Waals surface area contributed by atoms with Crippen molar-refractivity contribution in [2.75, 3.05) is 11.9 Å². The molecule has 2 amide bonds. The molecule has 1 heterocycles. The molecule has 1 aliphatic heterocycles. The van der Waals surface area contributed by atoms with Crippen molar-refractivity contribution >= 4 is 17.5 Å². The second kappa shape index (κ2) is 7.51. The Hall–Kier alpha value is -2.62. The van der Waals surface area contributed by atoms with Gasteiger partial charge in [0.15, 0.2) is 0 Å². The summed E-state index contributed by atoms with van der Waals surface area (Å²) >= 11 is 0. The highest BCUT2D eigenvalue weighted by Crippen LogP contribution is 2.22. The Balaban J connectivity index is 1.59. The lowest BCUT2D eigenvalue weighted by Gasteiger charge is -2.17. The Morgan fingerprint density at radius 3 is 2.36 bits per heavy atom. The summed E-state index contributed by atoms with van der Waals surface area (Å²) in [7, 11) is 0.